The molecule has 0 aliphatic carbocycles. The van der Waals surface area contributed by atoms with Crippen molar-refractivity contribution in [3.05, 3.63) is 64.7 Å². The summed E-state index contributed by atoms with van der Waals surface area (Å²) in [6.45, 7) is 0.877. The van der Waals surface area contributed by atoms with Gasteiger partial charge in [-0.25, -0.2) is 13.8 Å². The number of sulfonamides is 1. The highest BCUT2D eigenvalue weighted by Crippen LogP contribution is 2.32. The van der Waals surface area contributed by atoms with Crippen molar-refractivity contribution in [2.24, 2.45) is 5.10 Å². The second kappa shape index (κ2) is 8.83. The van der Waals surface area contributed by atoms with Gasteiger partial charge in [-0.3, -0.25) is 9.10 Å². The van der Waals surface area contributed by atoms with Gasteiger partial charge >= 0.3 is 6.18 Å². The van der Waals surface area contributed by atoms with Gasteiger partial charge < -0.3 is 0 Å². The summed E-state index contributed by atoms with van der Waals surface area (Å²) in [7, 11) is -4.03. The molecule has 2 aromatic rings. The molecule has 2 rings (SSSR count). The van der Waals surface area contributed by atoms with Gasteiger partial charge in [0.05, 0.1) is 23.2 Å². The van der Waals surface area contributed by atoms with Crippen molar-refractivity contribution in [2.45, 2.75) is 13.1 Å². The van der Waals surface area contributed by atoms with E-state index in [0.717, 1.165) is 18.4 Å². The molecule has 1 N–H and O–H groups in total. The molecule has 0 fully saturated rings. The fourth-order valence-electron chi connectivity index (χ4n) is 2.31. The molecular formula is C18H17ClF3N3O3S. The van der Waals surface area contributed by atoms with Crippen LogP contribution in [0, 0.1) is 0 Å². The first kappa shape index (κ1) is 22.7. The average Bonchev–Trinajstić information content (AvgIpc) is 2.63. The van der Waals surface area contributed by atoms with Crippen molar-refractivity contribution >= 4 is 38.9 Å². The van der Waals surface area contributed by atoms with Crippen molar-refractivity contribution in [1.82, 2.24) is 5.43 Å². The van der Waals surface area contributed by atoms with Gasteiger partial charge in [0, 0.05) is 5.02 Å². The Morgan fingerprint density at radius 2 is 1.79 bits per heavy atom. The molecule has 0 aromatic heterocycles. The number of hydrazone groups is 1. The molecule has 0 bridgehead atoms. The predicted octanol–water partition coefficient (Wildman–Crippen LogP) is 3.67. The smallest absolute Gasteiger partial charge is 0.271 e. The van der Waals surface area contributed by atoms with Crippen LogP contribution in [0.1, 0.15) is 18.1 Å². The highest BCUT2D eigenvalue weighted by Gasteiger charge is 2.32. The maximum Gasteiger partial charge on any atom is 0.416 e. The first-order chi connectivity index (χ1) is 13.4. The molecule has 0 saturated carbocycles. The zero-order valence-electron chi connectivity index (χ0n) is 15.4. The van der Waals surface area contributed by atoms with Gasteiger partial charge in [-0.05, 0) is 42.8 Å². The van der Waals surface area contributed by atoms with Crippen molar-refractivity contribution in [1.29, 1.82) is 0 Å². The minimum Gasteiger partial charge on any atom is -0.271 e. The Kier molecular flexibility index (Phi) is 6.91. The monoisotopic (exact) mass is 447 g/mol. The number of halogens is 4. The highest BCUT2D eigenvalue weighted by molar-refractivity contribution is 7.92. The molecule has 0 aliphatic heterocycles. The molecule has 0 unspecified atom stereocenters. The highest BCUT2D eigenvalue weighted by atomic mass is 35.5. The first-order valence-electron chi connectivity index (χ1n) is 8.12. The first-order valence-corrected chi connectivity index (χ1v) is 10.3. The molecule has 0 aliphatic rings. The molecule has 0 spiro atoms. The van der Waals surface area contributed by atoms with Gasteiger partial charge in [0.1, 0.15) is 6.54 Å². The summed E-state index contributed by atoms with van der Waals surface area (Å²) in [5, 5.41) is 4.41. The second-order valence-corrected chi connectivity index (χ2v) is 8.40. The van der Waals surface area contributed by atoms with E-state index in [1.54, 1.807) is 31.2 Å². The Labute approximate surface area is 171 Å². The predicted molar refractivity (Wildman–Crippen MR) is 105 cm³/mol. The summed E-state index contributed by atoms with van der Waals surface area (Å²) in [6.07, 6.45) is -3.86. The maximum atomic E-state index is 12.9. The number of benzene rings is 2. The fraction of sp³-hybridized carbons (Fsp3) is 0.222. The number of nitrogens with one attached hydrogen (secondary N) is 1. The second-order valence-electron chi connectivity index (χ2n) is 6.06. The van der Waals surface area contributed by atoms with E-state index < -0.39 is 34.2 Å². The molecule has 0 radical (unpaired) electrons. The fourth-order valence-corrected chi connectivity index (χ4v) is 3.28. The van der Waals surface area contributed by atoms with E-state index in [9.17, 15) is 26.4 Å². The average molecular weight is 448 g/mol. The van der Waals surface area contributed by atoms with Gasteiger partial charge in [0.2, 0.25) is 10.0 Å². The maximum absolute atomic E-state index is 12.9. The van der Waals surface area contributed by atoms with Crippen LogP contribution in [0.2, 0.25) is 5.02 Å². The third kappa shape index (κ3) is 6.47. The van der Waals surface area contributed by atoms with Gasteiger partial charge in [0.15, 0.2) is 0 Å². The van der Waals surface area contributed by atoms with Crippen molar-refractivity contribution < 1.29 is 26.4 Å². The third-order valence-electron chi connectivity index (χ3n) is 3.76. The molecule has 156 valence electrons. The SMILES string of the molecule is C/C(=N/NC(=O)CN(c1cccc(C(F)(F)F)c1)S(C)(=O)=O)c1ccc(Cl)cc1. The zero-order valence-corrected chi connectivity index (χ0v) is 16.9. The number of amides is 1. The van der Waals surface area contributed by atoms with Crippen LogP contribution in [0.3, 0.4) is 0 Å². The number of anilines is 1. The molecule has 0 saturated heterocycles. The van der Waals surface area contributed by atoms with E-state index in [0.29, 0.717) is 26.7 Å². The number of hydrogen-bond acceptors (Lipinski definition) is 4. The molecule has 2 aromatic carbocycles. The van der Waals surface area contributed by atoms with Crippen molar-refractivity contribution in [3.8, 4) is 0 Å². The van der Waals surface area contributed by atoms with Gasteiger partial charge in [-0.15, -0.1) is 0 Å². The lowest BCUT2D eigenvalue weighted by Gasteiger charge is -2.22. The molecule has 0 atom stereocenters. The van der Waals surface area contributed by atoms with E-state index in [4.69, 9.17) is 11.6 Å². The van der Waals surface area contributed by atoms with Crippen molar-refractivity contribution in [3.63, 3.8) is 0 Å². The number of nitrogens with zero attached hydrogens (tertiary/aromatic N) is 2. The molecule has 0 heterocycles. The number of carbonyl (C=O) groups is 1. The standard InChI is InChI=1S/C18H17ClF3N3O3S/c1-12(13-6-8-15(19)9-7-13)23-24-17(26)11-25(29(2,27)28)16-5-3-4-14(10-16)18(20,21)22/h3-10H,11H2,1-2H3,(H,24,26)/b23-12-. The summed E-state index contributed by atoms with van der Waals surface area (Å²) in [6, 6.07) is 10.3. The Morgan fingerprint density at radius 1 is 1.17 bits per heavy atom. The van der Waals surface area contributed by atoms with Crippen LogP contribution >= 0.6 is 11.6 Å². The number of rotatable bonds is 6. The van der Waals surface area contributed by atoms with Crippen LogP contribution in [0.4, 0.5) is 18.9 Å². The van der Waals surface area contributed by atoms with Gasteiger partial charge in [-0.2, -0.15) is 18.3 Å². The van der Waals surface area contributed by atoms with E-state index >= 15 is 0 Å². The third-order valence-corrected chi connectivity index (χ3v) is 5.15. The molecule has 11 heteroatoms. The summed E-state index contributed by atoms with van der Waals surface area (Å²) in [5.41, 5.74) is 2.00. The minimum absolute atomic E-state index is 0.282. The van der Waals surface area contributed by atoms with Crippen LogP contribution in [0.25, 0.3) is 0 Å². The lowest BCUT2D eigenvalue weighted by molar-refractivity contribution is -0.137. The Bertz CT molecular complexity index is 1020. The van der Waals surface area contributed by atoms with Crippen LogP contribution in [-0.4, -0.2) is 32.8 Å². The normalized spacial score (nSPS) is 12.6. The largest absolute Gasteiger partial charge is 0.416 e. The van der Waals surface area contributed by atoms with Gasteiger partial charge in [0.25, 0.3) is 5.91 Å². The Balaban J connectivity index is 2.20. The van der Waals surface area contributed by atoms with E-state index in [2.05, 4.69) is 10.5 Å². The van der Waals surface area contributed by atoms with Crippen LogP contribution in [0.15, 0.2) is 53.6 Å². The summed E-state index contributed by atoms with van der Waals surface area (Å²) in [4.78, 5) is 12.2. The summed E-state index contributed by atoms with van der Waals surface area (Å²) >= 11 is 5.80. The van der Waals surface area contributed by atoms with Gasteiger partial charge in [-0.1, -0.05) is 29.8 Å². The minimum atomic E-state index is -4.65. The topological polar surface area (TPSA) is 78.8 Å². The Morgan fingerprint density at radius 3 is 2.34 bits per heavy atom. The van der Waals surface area contributed by atoms with Crippen LogP contribution in [0.5, 0.6) is 0 Å². The van der Waals surface area contributed by atoms with Crippen LogP contribution in [-0.2, 0) is 21.0 Å². The number of alkyl halides is 3. The Hall–Kier alpha value is -2.59. The van der Waals surface area contributed by atoms with E-state index in [-0.39, 0.29) is 5.69 Å². The van der Waals surface area contributed by atoms with Crippen molar-refractivity contribution in [2.75, 3.05) is 17.1 Å². The van der Waals surface area contributed by atoms with Crippen LogP contribution < -0.4 is 9.73 Å². The lowest BCUT2D eigenvalue weighted by atomic mass is 10.1. The number of carbonyl (C=O) groups excluding carboxylic acids is 1. The molecular weight excluding hydrogens is 431 g/mol. The summed E-state index contributed by atoms with van der Waals surface area (Å²) in [5.74, 6) is -0.818. The molecule has 29 heavy (non-hydrogen) atoms. The van der Waals surface area contributed by atoms with E-state index in [1.165, 1.54) is 6.07 Å². The molecule has 6 nitrogen and oxygen atoms in total. The van der Waals surface area contributed by atoms with E-state index in [1.807, 2.05) is 0 Å². The number of hydrogen-bond donors (Lipinski definition) is 1. The zero-order chi connectivity index (χ0) is 21.8. The summed E-state index contributed by atoms with van der Waals surface area (Å²) < 4.78 is 63.4. The quantitative estimate of drug-likeness (QED) is 0.542. The molecule has 1 amide bonds. The lowest BCUT2D eigenvalue weighted by Crippen LogP contribution is -2.39.